The van der Waals surface area contributed by atoms with Gasteiger partial charge >= 0.3 is 0 Å². The second-order valence-corrected chi connectivity index (χ2v) is 9.16. The van der Waals surface area contributed by atoms with Crippen LogP contribution in [-0.2, 0) is 4.79 Å². The van der Waals surface area contributed by atoms with Crippen LogP contribution >= 0.6 is 27.3 Å². The number of halogens is 1. The minimum atomic E-state index is -0.330. The first-order valence-electron chi connectivity index (χ1n) is 9.92. The molecular weight excluding hydrogens is 478 g/mol. The van der Waals surface area contributed by atoms with E-state index >= 15 is 0 Å². The van der Waals surface area contributed by atoms with Crippen molar-refractivity contribution in [3.8, 4) is 0 Å². The molecule has 2 amide bonds. The maximum Gasteiger partial charge on any atom is 0.254 e. The molecule has 1 fully saturated rings. The number of anilines is 1. The van der Waals surface area contributed by atoms with Crippen LogP contribution in [0.3, 0.4) is 0 Å². The number of pyridine rings is 1. The molecule has 8 heteroatoms. The third-order valence-corrected chi connectivity index (χ3v) is 6.54. The number of nitrogens with one attached hydrogen (secondary N) is 1. The maximum absolute atomic E-state index is 13.3. The molecule has 3 heterocycles. The van der Waals surface area contributed by atoms with Crippen molar-refractivity contribution in [1.29, 1.82) is 0 Å². The fourth-order valence-corrected chi connectivity index (χ4v) is 4.54. The van der Waals surface area contributed by atoms with Gasteiger partial charge in [0.2, 0.25) is 11.7 Å². The summed E-state index contributed by atoms with van der Waals surface area (Å²) in [5.74, 6) is -0.395. The molecule has 4 rings (SSSR count). The number of nitrogens with zero attached hydrogens (tertiary/aromatic N) is 2. The summed E-state index contributed by atoms with van der Waals surface area (Å²) in [4.78, 5) is 45.3. The lowest BCUT2D eigenvalue weighted by molar-refractivity contribution is -0.121. The summed E-state index contributed by atoms with van der Waals surface area (Å²) in [5.41, 5.74) is 0.761. The molecule has 1 aliphatic heterocycles. The SMILES string of the molecule is O=C(c1cccs1)c1ccccc1C(=O)N1CCCC(C(=O)Nc2ccc(Br)cn2)C1. The first-order chi connectivity index (χ1) is 15.0. The zero-order valence-electron chi connectivity index (χ0n) is 16.6. The third kappa shape index (κ3) is 4.91. The zero-order chi connectivity index (χ0) is 21.8. The van der Waals surface area contributed by atoms with E-state index in [1.54, 1.807) is 53.6 Å². The van der Waals surface area contributed by atoms with Gasteiger partial charge < -0.3 is 10.2 Å². The van der Waals surface area contributed by atoms with Gasteiger partial charge in [-0.05, 0) is 58.4 Å². The molecule has 2 aromatic heterocycles. The Morgan fingerprint density at radius 1 is 1.06 bits per heavy atom. The number of aromatic nitrogens is 1. The number of carbonyl (C=O) groups excluding carboxylic acids is 3. The Morgan fingerprint density at radius 3 is 2.58 bits per heavy atom. The second-order valence-electron chi connectivity index (χ2n) is 7.29. The number of likely N-dealkylation sites (tertiary alicyclic amines) is 1. The number of benzene rings is 1. The molecule has 3 aromatic rings. The molecule has 0 radical (unpaired) electrons. The summed E-state index contributed by atoms with van der Waals surface area (Å²) in [6, 6.07) is 14.0. The standard InChI is InChI=1S/C23H20BrN3O3S/c24-16-9-10-20(25-13-16)26-22(29)15-5-3-11-27(14-15)23(30)18-7-2-1-6-17(18)21(28)19-8-4-12-31-19/h1-2,4,6-10,12-13,15H,3,5,11,14H2,(H,25,26,29). The number of piperidine rings is 1. The number of rotatable bonds is 5. The van der Waals surface area contributed by atoms with Crippen molar-refractivity contribution in [3.05, 3.63) is 80.6 Å². The molecule has 1 aliphatic rings. The predicted octanol–water partition coefficient (Wildman–Crippen LogP) is 4.63. The Bertz CT molecular complexity index is 1100. The van der Waals surface area contributed by atoms with Crippen LogP contribution in [-0.4, -0.2) is 40.6 Å². The predicted molar refractivity (Wildman–Crippen MR) is 123 cm³/mol. The van der Waals surface area contributed by atoms with Crippen LogP contribution in [0, 0.1) is 5.92 Å². The van der Waals surface area contributed by atoms with E-state index in [0.717, 1.165) is 10.9 Å². The fourth-order valence-electron chi connectivity index (χ4n) is 3.63. The van der Waals surface area contributed by atoms with Crippen LogP contribution in [0.15, 0.2) is 64.6 Å². The van der Waals surface area contributed by atoms with E-state index in [0.29, 0.717) is 41.3 Å². The normalized spacial score (nSPS) is 16.0. The van der Waals surface area contributed by atoms with Gasteiger partial charge in [0, 0.05) is 29.3 Å². The van der Waals surface area contributed by atoms with E-state index in [9.17, 15) is 14.4 Å². The lowest BCUT2D eigenvalue weighted by Crippen LogP contribution is -2.44. The zero-order valence-corrected chi connectivity index (χ0v) is 19.0. The number of hydrogen-bond acceptors (Lipinski definition) is 5. The minimum Gasteiger partial charge on any atom is -0.338 e. The van der Waals surface area contributed by atoms with Gasteiger partial charge in [-0.2, -0.15) is 0 Å². The monoisotopic (exact) mass is 497 g/mol. The second kappa shape index (κ2) is 9.53. The molecule has 1 atom stereocenters. The van der Waals surface area contributed by atoms with Gasteiger partial charge in [-0.25, -0.2) is 4.98 Å². The van der Waals surface area contributed by atoms with Gasteiger partial charge in [0.25, 0.3) is 5.91 Å². The van der Waals surface area contributed by atoms with Crippen molar-refractivity contribution in [2.45, 2.75) is 12.8 Å². The Labute approximate surface area is 192 Å². The van der Waals surface area contributed by atoms with Gasteiger partial charge in [0.1, 0.15) is 5.82 Å². The quantitative estimate of drug-likeness (QED) is 0.521. The molecule has 1 saturated heterocycles. The Morgan fingerprint density at radius 2 is 1.87 bits per heavy atom. The average Bonchev–Trinajstić information content (AvgIpc) is 3.35. The van der Waals surface area contributed by atoms with Crippen LogP contribution in [0.4, 0.5) is 5.82 Å². The van der Waals surface area contributed by atoms with Crippen molar-refractivity contribution in [1.82, 2.24) is 9.88 Å². The Balaban J connectivity index is 1.49. The highest BCUT2D eigenvalue weighted by atomic mass is 79.9. The van der Waals surface area contributed by atoms with Crippen LogP contribution in [0.1, 0.15) is 38.4 Å². The van der Waals surface area contributed by atoms with E-state index in [-0.39, 0.29) is 23.5 Å². The summed E-state index contributed by atoms with van der Waals surface area (Å²) in [7, 11) is 0. The molecule has 0 spiro atoms. The summed E-state index contributed by atoms with van der Waals surface area (Å²) in [5, 5.41) is 4.66. The van der Waals surface area contributed by atoms with Gasteiger partial charge in [-0.3, -0.25) is 14.4 Å². The van der Waals surface area contributed by atoms with E-state index in [1.807, 2.05) is 11.4 Å². The largest absolute Gasteiger partial charge is 0.338 e. The highest BCUT2D eigenvalue weighted by molar-refractivity contribution is 9.10. The highest BCUT2D eigenvalue weighted by Gasteiger charge is 2.30. The number of hydrogen-bond donors (Lipinski definition) is 1. The van der Waals surface area contributed by atoms with Gasteiger partial charge in [-0.1, -0.05) is 24.3 Å². The van der Waals surface area contributed by atoms with Crippen LogP contribution < -0.4 is 5.32 Å². The minimum absolute atomic E-state index is 0.157. The number of amides is 2. The van der Waals surface area contributed by atoms with E-state index < -0.39 is 0 Å². The van der Waals surface area contributed by atoms with Crippen molar-refractivity contribution in [3.63, 3.8) is 0 Å². The molecule has 1 aromatic carbocycles. The van der Waals surface area contributed by atoms with Crippen LogP contribution in [0.5, 0.6) is 0 Å². The average molecular weight is 498 g/mol. The van der Waals surface area contributed by atoms with Crippen molar-refractivity contribution in [2.75, 3.05) is 18.4 Å². The molecule has 0 aliphatic carbocycles. The molecule has 0 bridgehead atoms. The van der Waals surface area contributed by atoms with E-state index in [1.165, 1.54) is 11.3 Å². The number of carbonyl (C=O) groups is 3. The summed E-state index contributed by atoms with van der Waals surface area (Å²) < 4.78 is 0.829. The summed E-state index contributed by atoms with van der Waals surface area (Å²) in [6.07, 6.45) is 3.04. The van der Waals surface area contributed by atoms with Crippen LogP contribution in [0.2, 0.25) is 0 Å². The van der Waals surface area contributed by atoms with Gasteiger partial charge in [0.05, 0.1) is 16.4 Å². The molecular formula is C23H20BrN3O3S. The molecule has 6 nitrogen and oxygen atoms in total. The lowest BCUT2D eigenvalue weighted by atomic mass is 9.95. The number of ketones is 1. The van der Waals surface area contributed by atoms with Crippen molar-refractivity contribution < 1.29 is 14.4 Å². The molecule has 1 unspecified atom stereocenters. The third-order valence-electron chi connectivity index (χ3n) is 5.21. The van der Waals surface area contributed by atoms with Gasteiger partial charge in [-0.15, -0.1) is 11.3 Å². The maximum atomic E-state index is 13.3. The first kappa shape index (κ1) is 21.4. The molecule has 31 heavy (non-hydrogen) atoms. The smallest absolute Gasteiger partial charge is 0.254 e. The topological polar surface area (TPSA) is 79.4 Å². The summed E-state index contributed by atoms with van der Waals surface area (Å²) in [6.45, 7) is 0.864. The highest BCUT2D eigenvalue weighted by Crippen LogP contribution is 2.24. The fraction of sp³-hybridized carbons (Fsp3) is 0.217. The molecule has 0 saturated carbocycles. The van der Waals surface area contributed by atoms with Crippen LogP contribution in [0.25, 0.3) is 0 Å². The number of thiophene rings is 1. The van der Waals surface area contributed by atoms with Crippen molar-refractivity contribution in [2.24, 2.45) is 5.92 Å². The summed E-state index contributed by atoms with van der Waals surface area (Å²) >= 11 is 4.67. The van der Waals surface area contributed by atoms with Gasteiger partial charge in [0.15, 0.2) is 0 Å². The Hall–Kier alpha value is -2.84. The molecule has 158 valence electrons. The van der Waals surface area contributed by atoms with E-state index in [2.05, 4.69) is 26.2 Å². The lowest BCUT2D eigenvalue weighted by Gasteiger charge is -2.32. The first-order valence-corrected chi connectivity index (χ1v) is 11.6. The van der Waals surface area contributed by atoms with Crippen molar-refractivity contribution >= 4 is 50.7 Å². The Kier molecular flexibility index (Phi) is 6.58. The molecule has 1 N–H and O–H groups in total. The van der Waals surface area contributed by atoms with E-state index in [4.69, 9.17) is 0 Å².